The van der Waals surface area contributed by atoms with Crippen LogP contribution in [0.3, 0.4) is 0 Å². The summed E-state index contributed by atoms with van der Waals surface area (Å²) in [5.41, 5.74) is 1.53. The highest BCUT2D eigenvalue weighted by molar-refractivity contribution is 7.99. The van der Waals surface area contributed by atoms with E-state index in [1.807, 2.05) is 6.07 Å². The highest BCUT2D eigenvalue weighted by Crippen LogP contribution is 2.32. The maximum absolute atomic E-state index is 12.1. The molecule has 0 unspecified atom stereocenters. The summed E-state index contributed by atoms with van der Waals surface area (Å²) in [7, 11) is 0. The maximum atomic E-state index is 12.1. The van der Waals surface area contributed by atoms with E-state index in [4.69, 9.17) is 32.7 Å². The first kappa shape index (κ1) is 18.2. The molecule has 0 bridgehead atoms. The minimum atomic E-state index is -0.0948. The molecule has 7 heteroatoms. The van der Waals surface area contributed by atoms with Crippen molar-refractivity contribution >= 4 is 46.6 Å². The highest BCUT2D eigenvalue weighted by atomic mass is 35.5. The molecule has 0 aromatic heterocycles. The van der Waals surface area contributed by atoms with E-state index >= 15 is 0 Å². The minimum Gasteiger partial charge on any atom is -0.490 e. The van der Waals surface area contributed by atoms with Gasteiger partial charge in [0.2, 0.25) is 5.91 Å². The third kappa shape index (κ3) is 4.97. The van der Waals surface area contributed by atoms with Crippen molar-refractivity contribution in [2.24, 2.45) is 0 Å². The van der Waals surface area contributed by atoms with Gasteiger partial charge in [-0.1, -0.05) is 29.3 Å². The molecule has 2 aromatic rings. The summed E-state index contributed by atoms with van der Waals surface area (Å²) < 4.78 is 11.2. The zero-order valence-corrected chi connectivity index (χ0v) is 15.7. The summed E-state index contributed by atoms with van der Waals surface area (Å²) in [4.78, 5) is 12.1. The third-order valence-corrected chi connectivity index (χ3v) is 5.24. The van der Waals surface area contributed by atoms with Crippen molar-refractivity contribution < 1.29 is 14.3 Å². The van der Waals surface area contributed by atoms with Crippen LogP contribution in [0.4, 0.5) is 5.69 Å². The highest BCUT2D eigenvalue weighted by Gasteiger charge is 2.12. The second-order valence-electron chi connectivity index (χ2n) is 5.45. The van der Waals surface area contributed by atoms with Crippen LogP contribution in [0.1, 0.15) is 12.0 Å². The topological polar surface area (TPSA) is 47.6 Å². The first-order valence-electron chi connectivity index (χ1n) is 7.83. The molecule has 0 radical (unpaired) electrons. The molecule has 0 spiro atoms. The number of hydrogen-bond donors (Lipinski definition) is 1. The number of anilines is 1. The number of halogens is 2. The van der Waals surface area contributed by atoms with E-state index in [2.05, 4.69) is 5.32 Å². The van der Waals surface area contributed by atoms with Crippen molar-refractivity contribution in [1.29, 1.82) is 0 Å². The van der Waals surface area contributed by atoms with Crippen LogP contribution in [0.15, 0.2) is 36.4 Å². The van der Waals surface area contributed by atoms with Crippen LogP contribution in [0.25, 0.3) is 0 Å². The number of rotatable bonds is 5. The van der Waals surface area contributed by atoms with Gasteiger partial charge in [0.25, 0.3) is 0 Å². The lowest BCUT2D eigenvalue weighted by Gasteiger charge is -2.11. The van der Waals surface area contributed by atoms with Crippen molar-refractivity contribution in [3.63, 3.8) is 0 Å². The summed E-state index contributed by atoms with van der Waals surface area (Å²) in [6, 6.07) is 10.8. The van der Waals surface area contributed by atoms with Crippen LogP contribution in [0.5, 0.6) is 11.5 Å². The third-order valence-electron chi connectivity index (χ3n) is 3.57. The molecular weight excluding hydrogens is 381 g/mol. The van der Waals surface area contributed by atoms with Gasteiger partial charge in [0.1, 0.15) is 0 Å². The molecule has 0 saturated carbocycles. The number of fused-ring (bicyclic) bond motifs is 1. The first-order chi connectivity index (χ1) is 12.1. The molecule has 4 nitrogen and oxygen atoms in total. The van der Waals surface area contributed by atoms with Crippen molar-refractivity contribution in [2.75, 3.05) is 24.3 Å². The van der Waals surface area contributed by atoms with Crippen molar-refractivity contribution in [3.8, 4) is 11.5 Å². The van der Waals surface area contributed by atoms with E-state index < -0.39 is 0 Å². The molecule has 1 aliphatic rings. The van der Waals surface area contributed by atoms with E-state index in [-0.39, 0.29) is 5.91 Å². The van der Waals surface area contributed by atoms with E-state index in [9.17, 15) is 4.79 Å². The predicted octanol–water partition coefficient (Wildman–Crippen LogP) is 5.03. The molecule has 1 aliphatic heterocycles. The molecule has 0 aliphatic carbocycles. The molecule has 132 valence electrons. The maximum Gasteiger partial charge on any atom is 0.234 e. The van der Waals surface area contributed by atoms with Gasteiger partial charge in [0.05, 0.1) is 19.0 Å². The lowest BCUT2D eigenvalue weighted by molar-refractivity contribution is -0.113. The van der Waals surface area contributed by atoms with Crippen LogP contribution in [-0.2, 0) is 10.5 Å². The van der Waals surface area contributed by atoms with Crippen LogP contribution in [0, 0.1) is 0 Å². The lowest BCUT2D eigenvalue weighted by Crippen LogP contribution is -2.14. The molecule has 1 N–H and O–H groups in total. The van der Waals surface area contributed by atoms with Gasteiger partial charge in [0, 0.05) is 34.0 Å². The number of benzene rings is 2. The van der Waals surface area contributed by atoms with Gasteiger partial charge in [-0.15, -0.1) is 11.8 Å². The van der Waals surface area contributed by atoms with Gasteiger partial charge in [-0.25, -0.2) is 0 Å². The second kappa shape index (κ2) is 8.70. The van der Waals surface area contributed by atoms with E-state index in [1.54, 1.807) is 30.3 Å². The summed E-state index contributed by atoms with van der Waals surface area (Å²) in [5.74, 6) is 2.15. The van der Waals surface area contributed by atoms with Crippen LogP contribution in [-0.4, -0.2) is 24.9 Å². The Hall–Kier alpha value is -1.56. The Labute approximate surface area is 160 Å². The van der Waals surface area contributed by atoms with Crippen molar-refractivity contribution in [2.45, 2.75) is 12.2 Å². The number of carbonyl (C=O) groups is 1. The van der Waals surface area contributed by atoms with Crippen LogP contribution >= 0.6 is 35.0 Å². The van der Waals surface area contributed by atoms with Gasteiger partial charge in [-0.2, -0.15) is 0 Å². The Kier molecular flexibility index (Phi) is 6.34. The van der Waals surface area contributed by atoms with Gasteiger partial charge in [-0.05, 0) is 29.8 Å². The molecule has 2 aromatic carbocycles. The quantitative estimate of drug-likeness (QED) is 0.768. The summed E-state index contributed by atoms with van der Waals surface area (Å²) in [5, 5.41) is 4.10. The molecule has 1 amide bonds. The first-order valence-corrected chi connectivity index (χ1v) is 9.74. The molecule has 0 fully saturated rings. The van der Waals surface area contributed by atoms with Crippen LogP contribution < -0.4 is 14.8 Å². The number of thioether (sulfide) groups is 1. The SMILES string of the molecule is O=C(CSCc1c(Cl)cccc1Cl)Nc1ccc2c(c1)OCCCO2. The van der Waals surface area contributed by atoms with Crippen molar-refractivity contribution in [3.05, 3.63) is 52.0 Å². The fourth-order valence-electron chi connectivity index (χ4n) is 2.35. The Morgan fingerprint density at radius 1 is 1.08 bits per heavy atom. The lowest BCUT2D eigenvalue weighted by atomic mass is 10.2. The standard InChI is InChI=1S/C18H17Cl2NO3S/c19-14-3-1-4-15(20)13(14)10-25-11-18(22)21-12-5-6-16-17(9-12)24-8-2-7-23-16/h1,3-6,9H,2,7-8,10-11H2,(H,21,22). The number of ether oxygens (including phenoxy) is 2. The number of nitrogens with one attached hydrogen (secondary N) is 1. The van der Waals surface area contributed by atoms with Gasteiger partial charge >= 0.3 is 0 Å². The molecular formula is C18H17Cl2NO3S. The second-order valence-corrected chi connectivity index (χ2v) is 7.25. The average molecular weight is 398 g/mol. The Morgan fingerprint density at radius 3 is 2.56 bits per heavy atom. The smallest absolute Gasteiger partial charge is 0.234 e. The fraction of sp³-hybridized carbons (Fsp3) is 0.278. The Balaban J connectivity index is 1.53. The number of carbonyl (C=O) groups excluding carboxylic acids is 1. The number of hydrogen-bond acceptors (Lipinski definition) is 4. The molecule has 0 saturated heterocycles. The summed E-state index contributed by atoms with van der Waals surface area (Å²) >= 11 is 13.7. The van der Waals surface area contributed by atoms with Gasteiger partial charge < -0.3 is 14.8 Å². The normalized spacial score (nSPS) is 13.2. The van der Waals surface area contributed by atoms with Gasteiger partial charge in [-0.3, -0.25) is 4.79 Å². The minimum absolute atomic E-state index is 0.0948. The molecule has 25 heavy (non-hydrogen) atoms. The molecule has 1 heterocycles. The zero-order valence-electron chi connectivity index (χ0n) is 13.4. The Bertz CT molecular complexity index is 750. The van der Waals surface area contributed by atoms with E-state index in [0.717, 1.165) is 12.0 Å². The van der Waals surface area contributed by atoms with E-state index in [0.29, 0.717) is 52.0 Å². The molecule has 3 rings (SSSR count). The van der Waals surface area contributed by atoms with E-state index in [1.165, 1.54) is 11.8 Å². The zero-order chi connectivity index (χ0) is 17.6. The largest absolute Gasteiger partial charge is 0.490 e. The predicted molar refractivity (Wildman–Crippen MR) is 103 cm³/mol. The van der Waals surface area contributed by atoms with Crippen molar-refractivity contribution in [1.82, 2.24) is 0 Å². The fourth-order valence-corrected chi connectivity index (χ4v) is 3.92. The average Bonchev–Trinajstić information content (AvgIpc) is 2.82. The van der Waals surface area contributed by atoms with Crippen LogP contribution in [0.2, 0.25) is 10.0 Å². The summed E-state index contributed by atoms with van der Waals surface area (Å²) in [6.07, 6.45) is 0.845. The van der Waals surface area contributed by atoms with Gasteiger partial charge in [0.15, 0.2) is 11.5 Å². The Morgan fingerprint density at radius 2 is 1.80 bits per heavy atom. The number of amides is 1. The monoisotopic (exact) mass is 397 g/mol. The molecule has 0 atom stereocenters. The summed E-state index contributed by atoms with van der Waals surface area (Å²) in [6.45, 7) is 1.25.